The van der Waals surface area contributed by atoms with Crippen LogP contribution in [0.1, 0.15) is 15.9 Å². The molecule has 2 N–H and O–H groups in total. The molecule has 2 aromatic carbocycles. The standard InChI is InChI=1S/C15H11ClFNO3/c16-12-6-5-10(8-11(12)15(20)21)18-14(19)7-9-3-1-2-4-13(9)17/h1-6,8H,7H2,(H,18,19)(H,20,21). The van der Waals surface area contributed by atoms with E-state index in [4.69, 9.17) is 16.7 Å². The first-order valence-electron chi connectivity index (χ1n) is 6.03. The van der Waals surface area contributed by atoms with Gasteiger partial charge in [-0.15, -0.1) is 0 Å². The Morgan fingerprint density at radius 2 is 1.90 bits per heavy atom. The van der Waals surface area contributed by atoms with Gasteiger partial charge in [0.1, 0.15) is 5.82 Å². The lowest BCUT2D eigenvalue weighted by Crippen LogP contribution is -2.15. The number of amides is 1. The molecule has 0 aliphatic heterocycles. The highest BCUT2D eigenvalue weighted by molar-refractivity contribution is 6.33. The number of carboxylic acid groups (broad SMARTS) is 1. The number of nitrogens with one attached hydrogen (secondary N) is 1. The molecule has 0 aliphatic rings. The second-order valence-electron chi connectivity index (χ2n) is 4.32. The molecule has 2 rings (SSSR count). The number of hydrogen-bond donors (Lipinski definition) is 2. The molecule has 4 nitrogen and oxygen atoms in total. The van der Waals surface area contributed by atoms with Gasteiger partial charge >= 0.3 is 5.97 Å². The summed E-state index contributed by atoms with van der Waals surface area (Å²) < 4.78 is 13.4. The molecule has 0 aromatic heterocycles. The van der Waals surface area contributed by atoms with E-state index in [0.717, 1.165) is 0 Å². The van der Waals surface area contributed by atoms with Crippen molar-refractivity contribution in [1.82, 2.24) is 0 Å². The Kier molecular flexibility index (Phi) is 4.55. The molecule has 2 aromatic rings. The predicted octanol–water partition coefficient (Wildman–Crippen LogP) is 3.36. The van der Waals surface area contributed by atoms with Crippen molar-refractivity contribution in [2.24, 2.45) is 0 Å². The van der Waals surface area contributed by atoms with Crippen LogP contribution in [-0.2, 0) is 11.2 Å². The summed E-state index contributed by atoms with van der Waals surface area (Å²) in [6.07, 6.45) is -0.141. The maximum Gasteiger partial charge on any atom is 0.337 e. The van der Waals surface area contributed by atoms with Gasteiger partial charge < -0.3 is 10.4 Å². The van der Waals surface area contributed by atoms with Gasteiger partial charge in [-0.1, -0.05) is 29.8 Å². The van der Waals surface area contributed by atoms with E-state index >= 15 is 0 Å². The quantitative estimate of drug-likeness (QED) is 0.910. The number of benzene rings is 2. The molecule has 1 amide bonds. The Bertz CT molecular complexity index is 703. The SMILES string of the molecule is O=C(Cc1ccccc1F)Nc1ccc(Cl)c(C(=O)O)c1. The highest BCUT2D eigenvalue weighted by Crippen LogP contribution is 2.21. The molecular formula is C15H11ClFNO3. The smallest absolute Gasteiger partial charge is 0.337 e. The van der Waals surface area contributed by atoms with Gasteiger partial charge in [0.15, 0.2) is 0 Å². The van der Waals surface area contributed by atoms with Gasteiger partial charge in [-0.25, -0.2) is 9.18 Å². The zero-order chi connectivity index (χ0) is 15.4. The lowest BCUT2D eigenvalue weighted by molar-refractivity contribution is -0.115. The van der Waals surface area contributed by atoms with E-state index < -0.39 is 17.7 Å². The number of aromatic carboxylic acids is 1. The van der Waals surface area contributed by atoms with E-state index in [-0.39, 0.29) is 28.3 Å². The van der Waals surface area contributed by atoms with Gasteiger partial charge in [-0.2, -0.15) is 0 Å². The van der Waals surface area contributed by atoms with Crippen LogP contribution >= 0.6 is 11.6 Å². The van der Waals surface area contributed by atoms with Crippen LogP contribution < -0.4 is 5.32 Å². The summed E-state index contributed by atoms with van der Waals surface area (Å²) in [6, 6.07) is 10.1. The third-order valence-corrected chi connectivity index (χ3v) is 3.12. The van der Waals surface area contributed by atoms with Gasteiger partial charge in [-0.3, -0.25) is 4.79 Å². The summed E-state index contributed by atoms with van der Waals surface area (Å²) in [5, 5.41) is 11.5. The largest absolute Gasteiger partial charge is 0.478 e. The van der Waals surface area contributed by atoms with Crippen LogP contribution in [0.15, 0.2) is 42.5 Å². The zero-order valence-electron chi connectivity index (χ0n) is 10.8. The predicted molar refractivity (Wildman–Crippen MR) is 77.1 cm³/mol. The van der Waals surface area contributed by atoms with Crippen molar-refractivity contribution in [2.45, 2.75) is 6.42 Å². The summed E-state index contributed by atoms with van der Waals surface area (Å²) in [7, 11) is 0. The zero-order valence-corrected chi connectivity index (χ0v) is 11.5. The minimum Gasteiger partial charge on any atom is -0.478 e. The number of carboxylic acids is 1. The van der Waals surface area contributed by atoms with Crippen LogP contribution in [-0.4, -0.2) is 17.0 Å². The van der Waals surface area contributed by atoms with Crippen molar-refractivity contribution < 1.29 is 19.1 Å². The first kappa shape index (κ1) is 15.0. The molecule has 0 unspecified atom stereocenters. The molecule has 0 heterocycles. The van der Waals surface area contributed by atoms with Crippen molar-refractivity contribution >= 4 is 29.2 Å². The fraction of sp³-hybridized carbons (Fsp3) is 0.0667. The number of carbonyl (C=O) groups excluding carboxylic acids is 1. The summed E-state index contributed by atoms with van der Waals surface area (Å²) in [5.41, 5.74) is 0.445. The molecule has 21 heavy (non-hydrogen) atoms. The third-order valence-electron chi connectivity index (χ3n) is 2.79. The van der Waals surface area contributed by atoms with Gasteiger partial charge in [0.25, 0.3) is 0 Å². The second kappa shape index (κ2) is 6.37. The van der Waals surface area contributed by atoms with Gasteiger partial charge in [0.2, 0.25) is 5.91 Å². The molecule has 0 spiro atoms. The minimum absolute atomic E-state index is 0.0783. The summed E-state index contributed by atoms with van der Waals surface area (Å²) in [5.74, 6) is -2.10. The van der Waals surface area contributed by atoms with Crippen LogP contribution in [0.5, 0.6) is 0 Å². The summed E-state index contributed by atoms with van der Waals surface area (Å²) in [4.78, 5) is 22.8. The molecule has 108 valence electrons. The number of hydrogen-bond acceptors (Lipinski definition) is 2. The van der Waals surface area contributed by atoms with Crippen molar-refractivity contribution in [2.75, 3.05) is 5.32 Å². The van der Waals surface area contributed by atoms with E-state index in [9.17, 15) is 14.0 Å². The monoisotopic (exact) mass is 307 g/mol. The number of halogens is 2. The Labute approximate surface area is 125 Å². The summed E-state index contributed by atoms with van der Waals surface area (Å²) >= 11 is 5.74. The average molecular weight is 308 g/mol. The topological polar surface area (TPSA) is 66.4 Å². The van der Waals surface area contributed by atoms with Crippen molar-refractivity contribution in [3.05, 3.63) is 64.4 Å². The molecule has 0 radical (unpaired) electrons. The Morgan fingerprint density at radius 3 is 2.57 bits per heavy atom. The van der Waals surface area contributed by atoms with Crippen LogP contribution in [0.3, 0.4) is 0 Å². The van der Waals surface area contributed by atoms with Crippen molar-refractivity contribution in [3.63, 3.8) is 0 Å². The molecule has 0 atom stereocenters. The van der Waals surface area contributed by atoms with E-state index in [0.29, 0.717) is 0 Å². The van der Waals surface area contributed by atoms with Crippen LogP contribution in [0.4, 0.5) is 10.1 Å². The first-order valence-corrected chi connectivity index (χ1v) is 6.41. The molecule has 0 saturated carbocycles. The van der Waals surface area contributed by atoms with Crippen LogP contribution in [0.25, 0.3) is 0 Å². The number of rotatable bonds is 4. The molecule has 0 aliphatic carbocycles. The maximum atomic E-state index is 13.4. The Morgan fingerprint density at radius 1 is 1.19 bits per heavy atom. The third kappa shape index (κ3) is 3.79. The van der Waals surface area contributed by atoms with E-state index in [2.05, 4.69) is 5.32 Å². The van der Waals surface area contributed by atoms with Crippen molar-refractivity contribution in [3.8, 4) is 0 Å². The Balaban J connectivity index is 2.12. The van der Waals surface area contributed by atoms with Gasteiger partial charge in [0, 0.05) is 5.69 Å². The Hall–Kier alpha value is -2.40. The number of carbonyl (C=O) groups is 2. The van der Waals surface area contributed by atoms with E-state index in [1.165, 1.54) is 36.4 Å². The fourth-order valence-corrected chi connectivity index (χ4v) is 1.99. The lowest BCUT2D eigenvalue weighted by Gasteiger charge is -2.07. The second-order valence-corrected chi connectivity index (χ2v) is 4.72. The molecule has 0 bridgehead atoms. The van der Waals surface area contributed by atoms with Gasteiger partial charge in [-0.05, 0) is 29.8 Å². The average Bonchev–Trinajstić information content (AvgIpc) is 2.43. The first-order chi connectivity index (χ1) is 9.97. The minimum atomic E-state index is -1.19. The lowest BCUT2D eigenvalue weighted by atomic mass is 10.1. The molecular weight excluding hydrogens is 297 g/mol. The summed E-state index contributed by atoms with van der Waals surface area (Å²) in [6.45, 7) is 0. The fourth-order valence-electron chi connectivity index (χ4n) is 1.79. The maximum absolute atomic E-state index is 13.4. The highest BCUT2D eigenvalue weighted by atomic mass is 35.5. The van der Waals surface area contributed by atoms with E-state index in [1.807, 2.05) is 0 Å². The molecule has 0 saturated heterocycles. The highest BCUT2D eigenvalue weighted by Gasteiger charge is 2.12. The van der Waals surface area contributed by atoms with Gasteiger partial charge in [0.05, 0.1) is 17.0 Å². The molecule has 0 fully saturated rings. The molecule has 6 heteroatoms. The normalized spacial score (nSPS) is 10.2. The van der Waals surface area contributed by atoms with E-state index in [1.54, 1.807) is 6.07 Å². The van der Waals surface area contributed by atoms with Crippen LogP contribution in [0.2, 0.25) is 5.02 Å². The van der Waals surface area contributed by atoms with Crippen LogP contribution in [0, 0.1) is 5.82 Å². The van der Waals surface area contributed by atoms with Crippen molar-refractivity contribution in [1.29, 1.82) is 0 Å². The number of anilines is 1.